The van der Waals surface area contributed by atoms with E-state index in [4.69, 9.17) is 11.6 Å². The van der Waals surface area contributed by atoms with E-state index in [0.717, 1.165) is 6.42 Å². The quantitative estimate of drug-likeness (QED) is 0.880. The van der Waals surface area contributed by atoms with Gasteiger partial charge in [0.2, 0.25) is 17.2 Å². The van der Waals surface area contributed by atoms with Crippen molar-refractivity contribution >= 4 is 23.5 Å². The van der Waals surface area contributed by atoms with E-state index in [-0.39, 0.29) is 5.28 Å². The molecule has 0 aliphatic carbocycles. The average molecular weight is 278 g/mol. The van der Waals surface area contributed by atoms with Gasteiger partial charge in [-0.2, -0.15) is 15.0 Å². The highest BCUT2D eigenvalue weighted by Gasteiger charge is 2.03. The first kappa shape index (κ1) is 13.5. The summed E-state index contributed by atoms with van der Waals surface area (Å²) in [6, 6.07) is 8.42. The molecular formula is C13H16ClN5. The van der Waals surface area contributed by atoms with Crippen molar-refractivity contribution in [2.45, 2.75) is 19.9 Å². The van der Waals surface area contributed by atoms with Gasteiger partial charge in [0.05, 0.1) is 0 Å². The monoisotopic (exact) mass is 277 g/mol. The maximum Gasteiger partial charge on any atom is 0.229 e. The summed E-state index contributed by atoms with van der Waals surface area (Å²) in [5.41, 5.74) is 2.49. The van der Waals surface area contributed by atoms with Crippen LogP contribution in [0, 0.1) is 0 Å². The van der Waals surface area contributed by atoms with Crippen molar-refractivity contribution in [3.8, 4) is 0 Å². The summed E-state index contributed by atoms with van der Waals surface area (Å²) in [5.74, 6) is 0.910. The lowest BCUT2D eigenvalue weighted by Gasteiger charge is -2.07. The lowest BCUT2D eigenvalue weighted by Crippen LogP contribution is -2.07. The van der Waals surface area contributed by atoms with Gasteiger partial charge in [-0.3, -0.25) is 0 Å². The van der Waals surface area contributed by atoms with Gasteiger partial charge in [-0.25, -0.2) is 0 Å². The van der Waals surface area contributed by atoms with Gasteiger partial charge >= 0.3 is 0 Å². The third-order valence-corrected chi connectivity index (χ3v) is 2.88. The molecule has 2 aromatic rings. The molecule has 0 unspecified atom stereocenters. The topological polar surface area (TPSA) is 62.7 Å². The highest BCUT2D eigenvalue weighted by molar-refractivity contribution is 6.28. The highest BCUT2D eigenvalue weighted by atomic mass is 35.5. The molecule has 19 heavy (non-hydrogen) atoms. The molecule has 0 bridgehead atoms. The van der Waals surface area contributed by atoms with E-state index in [0.29, 0.717) is 18.4 Å². The Labute approximate surface area is 117 Å². The summed E-state index contributed by atoms with van der Waals surface area (Å²) in [4.78, 5) is 12.1. The minimum atomic E-state index is 0.170. The Kier molecular flexibility index (Phi) is 4.52. The van der Waals surface area contributed by atoms with Crippen molar-refractivity contribution < 1.29 is 0 Å². The Hall–Kier alpha value is -1.88. The Balaban J connectivity index is 2.03. The molecule has 1 aromatic heterocycles. The van der Waals surface area contributed by atoms with Crippen LogP contribution in [0.3, 0.4) is 0 Å². The van der Waals surface area contributed by atoms with Crippen molar-refractivity contribution in [2.75, 3.05) is 17.7 Å². The van der Waals surface area contributed by atoms with Crippen molar-refractivity contribution in [3.05, 3.63) is 40.7 Å². The van der Waals surface area contributed by atoms with Gasteiger partial charge in [0, 0.05) is 13.6 Å². The van der Waals surface area contributed by atoms with Crippen LogP contribution < -0.4 is 10.6 Å². The van der Waals surface area contributed by atoms with Crippen molar-refractivity contribution in [2.24, 2.45) is 0 Å². The molecule has 0 aliphatic heterocycles. The minimum absolute atomic E-state index is 0.170. The fraction of sp³-hybridized carbons (Fsp3) is 0.308. The fourth-order valence-electron chi connectivity index (χ4n) is 1.61. The van der Waals surface area contributed by atoms with Gasteiger partial charge in [0.15, 0.2) is 0 Å². The normalized spacial score (nSPS) is 10.3. The van der Waals surface area contributed by atoms with Crippen LogP contribution in [0.2, 0.25) is 5.28 Å². The number of rotatable bonds is 5. The molecule has 0 fully saturated rings. The molecule has 100 valence electrons. The van der Waals surface area contributed by atoms with Gasteiger partial charge in [-0.15, -0.1) is 0 Å². The zero-order valence-corrected chi connectivity index (χ0v) is 11.7. The Morgan fingerprint density at radius 3 is 2.26 bits per heavy atom. The molecule has 0 saturated carbocycles. The molecule has 0 saturated heterocycles. The predicted octanol–water partition coefficient (Wildman–Crippen LogP) is 2.74. The van der Waals surface area contributed by atoms with E-state index in [9.17, 15) is 0 Å². The molecular weight excluding hydrogens is 262 g/mol. The number of anilines is 2. The zero-order valence-electron chi connectivity index (χ0n) is 10.9. The number of nitrogens with zero attached hydrogens (tertiary/aromatic N) is 3. The molecule has 0 atom stereocenters. The molecule has 0 aliphatic rings. The second kappa shape index (κ2) is 6.33. The molecule has 6 heteroatoms. The van der Waals surface area contributed by atoms with Crippen LogP contribution in [0.15, 0.2) is 24.3 Å². The third-order valence-electron chi connectivity index (χ3n) is 2.71. The van der Waals surface area contributed by atoms with Crippen LogP contribution in [0.25, 0.3) is 0 Å². The summed E-state index contributed by atoms with van der Waals surface area (Å²) in [7, 11) is 1.74. The summed E-state index contributed by atoms with van der Waals surface area (Å²) >= 11 is 5.81. The number of aromatic nitrogens is 3. The molecule has 0 amide bonds. The largest absolute Gasteiger partial charge is 0.357 e. The van der Waals surface area contributed by atoms with Crippen LogP contribution >= 0.6 is 11.6 Å². The standard InChI is InChI=1S/C13H16ClN5/c1-3-9-4-6-10(7-5-9)8-16-13-18-11(14)17-12(15-2)19-13/h4-7H,3,8H2,1-2H3,(H2,15,16,17,18,19). The Bertz CT molecular complexity index is 541. The lowest BCUT2D eigenvalue weighted by molar-refractivity contribution is 1.00. The maximum absolute atomic E-state index is 5.81. The van der Waals surface area contributed by atoms with E-state index in [1.807, 2.05) is 0 Å². The Morgan fingerprint density at radius 2 is 1.63 bits per heavy atom. The molecule has 0 radical (unpaired) electrons. The second-order valence-electron chi connectivity index (χ2n) is 4.03. The molecule has 1 aromatic carbocycles. The van der Waals surface area contributed by atoms with Crippen LogP contribution in [0.1, 0.15) is 18.1 Å². The second-order valence-corrected chi connectivity index (χ2v) is 4.36. The zero-order chi connectivity index (χ0) is 13.7. The van der Waals surface area contributed by atoms with E-state index in [1.54, 1.807) is 7.05 Å². The Morgan fingerprint density at radius 1 is 1.00 bits per heavy atom. The van der Waals surface area contributed by atoms with E-state index in [2.05, 4.69) is 56.8 Å². The summed E-state index contributed by atoms with van der Waals surface area (Å²) in [5, 5.41) is 6.13. The van der Waals surface area contributed by atoms with Gasteiger partial charge in [-0.1, -0.05) is 31.2 Å². The van der Waals surface area contributed by atoms with Crippen LogP contribution in [-0.4, -0.2) is 22.0 Å². The van der Waals surface area contributed by atoms with Crippen LogP contribution in [0.5, 0.6) is 0 Å². The van der Waals surface area contributed by atoms with Crippen molar-refractivity contribution in [3.63, 3.8) is 0 Å². The van der Waals surface area contributed by atoms with Crippen LogP contribution in [-0.2, 0) is 13.0 Å². The summed E-state index contributed by atoms with van der Waals surface area (Å²) in [6.45, 7) is 2.78. The first-order valence-electron chi connectivity index (χ1n) is 6.12. The first-order chi connectivity index (χ1) is 9.21. The number of benzene rings is 1. The number of hydrogen-bond acceptors (Lipinski definition) is 5. The van der Waals surface area contributed by atoms with E-state index >= 15 is 0 Å². The number of hydrogen-bond donors (Lipinski definition) is 2. The van der Waals surface area contributed by atoms with E-state index in [1.165, 1.54) is 11.1 Å². The third kappa shape index (κ3) is 3.79. The number of aryl methyl sites for hydroxylation is 1. The molecule has 0 spiro atoms. The van der Waals surface area contributed by atoms with Gasteiger partial charge in [0.1, 0.15) is 0 Å². The summed E-state index contributed by atoms with van der Waals surface area (Å²) in [6.07, 6.45) is 1.04. The lowest BCUT2D eigenvalue weighted by atomic mass is 10.1. The van der Waals surface area contributed by atoms with E-state index < -0.39 is 0 Å². The average Bonchev–Trinajstić information content (AvgIpc) is 2.45. The van der Waals surface area contributed by atoms with Crippen LogP contribution in [0.4, 0.5) is 11.9 Å². The number of nitrogens with one attached hydrogen (secondary N) is 2. The first-order valence-corrected chi connectivity index (χ1v) is 6.50. The predicted molar refractivity (Wildman–Crippen MR) is 77.5 cm³/mol. The SMILES string of the molecule is CCc1ccc(CNc2nc(Cl)nc(NC)n2)cc1. The fourth-order valence-corrected chi connectivity index (χ4v) is 1.77. The molecule has 5 nitrogen and oxygen atoms in total. The maximum atomic E-state index is 5.81. The molecule has 1 heterocycles. The van der Waals surface area contributed by atoms with Crippen molar-refractivity contribution in [1.82, 2.24) is 15.0 Å². The van der Waals surface area contributed by atoms with Gasteiger partial charge in [0.25, 0.3) is 0 Å². The molecule has 2 rings (SSSR count). The smallest absolute Gasteiger partial charge is 0.229 e. The van der Waals surface area contributed by atoms with Gasteiger partial charge in [-0.05, 0) is 29.1 Å². The van der Waals surface area contributed by atoms with Crippen molar-refractivity contribution in [1.29, 1.82) is 0 Å². The highest BCUT2D eigenvalue weighted by Crippen LogP contribution is 2.11. The molecule has 2 N–H and O–H groups in total. The number of halogens is 1. The summed E-state index contributed by atoms with van der Waals surface area (Å²) < 4.78 is 0. The minimum Gasteiger partial charge on any atom is -0.357 e. The van der Waals surface area contributed by atoms with Gasteiger partial charge < -0.3 is 10.6 Å².